The summed E-state index contributed by atoms with van der Waals surface area (Å²) in [4.78, 5) is 16.5. The number of aromatic nitrogens is 1. The fraction of sp³-hybridized carbons (Fsp3) is 0.625. The smallest absolute Gasteiger partial charge is 0.141 e. The predicted molar refractivity (Wildman–Crippen MR) is 75.6 cm³/mol. The number of ketones is 1. The lowest BCUT2D eigenvalue weighted by atomic mass is 9.92. The molecule has 0 radical (unpaired) electrons. The Bertz CT molecular complexity index is 356. The fourth-order valence-electron chi connectivity index (χ4n) is 2.13. The molecule has 1 heterocycles. The Labute approximate surface area is 111 Å². The first-order chi connectivity index (χ1) is 8.71. The average molecular weight is 247 g/mol. The third-order valence-corrected chi connectivity index (χ3v) is 3.50. The molecule has 1 aromatic rings. The first-order valence-electron chi connectivity index (χ1n) is 7.17. The van der Waals surface area contributed by atoms with Crippen LogP contribution in [0.2, 0.25) is 0 Å². The molecule has 0 aromatic carbocycles. The van der Waals surface area contributed by atoms with Crippen LogP contribution in [0.4, 0.5) is 0 Å². The highest BCUT2D eigenvalue weighted by Gasteiger charge is 2.16. The minimum Gasteiger partial charge on any atom is -0.299 e. The van der Waals surface area contributed by atoms with Crippen LogP contribution >= 0.6 is 0 Å². The van der Waals surface area contributed by atoms with Gasteiger partial charge in [-0.15, -0.1) is 0 Å². The van der Waals surface area contributed by atoms with Crippen LogP contribution in [0, 0.1) is 5.92 Å². The fourth-order valence-corrected chi connectivity index (χ4v) is 2.13. The highest BCUT2D eigenvalue weighted by molar-refractivity contribution is 5.82. The van der Waals surface area contributed by atoms with E-state index in [1.807, 2.05) is 12.3 Å². The molecule has 0 amide bonds. The van der Waals surface area contributed by atoms with Crippen LogP contribution in [0.1, 0.15) is 57.7 Å². The highest BCUT2D eigenvalue weighted by atomic mass is 16.1. The number of hydrogen-bond donors (Lipinski definition) is 0. The molecule has 0 aliphatic rings. The number of hydrogen-bond acceptors (Lipinski definition) is 2. The van der Waals surface area contributed by atoms with Crippen molar-refractivity contribution in [2.24, 2.45) is 5.92 Å². The molecule has 1 atom stereocenters. The second kappa shape index (κ2) is 8.02. The van der Waals surface area contributed by atoms with Gasteiger partial charge >= 0.3 is 0 Å². The van der Waals surface area contributed by atoms with Crippen molar-refractivity contribution in [3.05, 3.63) is 29.6 Å². The Kier molecular flexibility index (Phi) is 6.63. The molecule has 0 saturated heterocycles. The Morgan fingerprint density at radius 2 is 2.06 bits per heavy atom. The van der Waals surface area contributed by atoms with Gasteiger partial charge in [0.1, 0.15) is 5.78 Å². The van der Waals surface area contributed by atoms with Gasteiger partial charge < -0.3 is 0 Å². The molecule has 0 bridgehead atoms. The summed E-state index contributed by atoms with van der Waals surface area (Å²) in [6, 6.07) is 4.06. The lowest BCUT2D eigenvalue weighted by Crippen LogP contribution is -2.16. The molecule has 0 fully saturated rings. The Morgan fingerprint density at radius 1 is 1.28 bits per heavy atom. The Hall–Kier alpha value is -1.18. The molecule has 0 N–H and O–H groups in total. The molecule has 1 rings (SSSR count). The topological polar surface area (TPSA) is 30.0 Å². The van der Waals surface area contributed by atoms with Crippen LogP contribution in [0.3, 0.4) is 0 Å². The Balaban J connectivity index is 2.55. The van der Waals surface area contributed by atoms with Crippen LogP contribution in [0.25, 0.3) is 0 Å². The van der Waals surface area contributed by atoms with Crippen molar-refractivity contribution in [1.29, 1.82) is 0 Å². The number of rotatable bonds is 8. The van der Waals surface area contributed by atoms with Crippen molar-refractivity contribution in [2.45, 2.75) is 59.3 Å². The van der Waals surface area contributed by atoms with E-state index in [4.69, 9.17) is 0 Å². The van der Waals surface area contributed by atoms with Crippen molar-refractivity contribution in [1.82, 2.24) is 4.98 Å². The summed E-state index contributed by atoms with van der Waals surface area (Å²) >= 11 is 0. The number of Topliss-reactive ketones (excluding diaryl/α,β-unsaturated/α-hetero) is 1. The second-order valence-electron chi connectivity index (χ2n) is 4.90. The van der Waals surface area contributed by atoms with Crippen molar-refractivity contribution < 1.29 is 4.79 Å². The van der Waals surface area contributed by atoms with Gasteiger partial charge in [-0.3, -0.25) is 9.78 Å². The summed E-state index contributed by atoms with van der Waals surface area (Å²) in [5, 5.41) is 0. The predicted octanol–water partition coefficient (Wildman–Crippen LogP) is 3.97. The molecule has 0 saturated carbocycles. The van der Waals surface area contributed by atoms with Crippen LogP contribution < -0.4 is 0 Å². The van der Waals surface area contributed by atoms with Crippen molar-refractivity contribution in [2.75, 3.05) is 0 Å². The number of pyridine rings is 1. The molecule has 1 unspecified atom stereocenters. The lowest BCUT2D eigenvalue weighted by Gasteiger charge is -2.12. The Morgan fingerprint density at radius 3 is 2.56 bits per heavy atom. The zero-order valence-electron chi connectivity index (χ0n) is 11.9. The van der Waals surface area contributed by atoms with Gasteiger partial charge in [-0.1, -0.05) is 39.7 Å². The van der Waals surface area contributed by atoms with Gasteiger partial charge in [0.15, 0.2) is 0 Å². The molecule has 0 aliphatic heterocycles. The summed E-state index contributed by atoms with van der Waals surface area (Å²) < 4.78 is 0. The summed E-state index contributed by atoms with van der Waals surface area (Å²) in [7, 11) is 0. The van der Waals surface area contributed by atoms with Crippen LogP contribution in [-0.2, 0) is 17.6 Å². The van der Waals surface area contributed by atoms with E-state index in [2.05, 4.69) is 31.8 Å². The lowest BCUT2D eigenvalue weighted by molar-refractivity contribution is -0.122. The van der Waals surface area contributed by atoms with E-state index in [1.54, 1.807) is 0 Å². The highest BCUT2D eigenvalue weighted by Crippen LogP contribution is 2.16. The average Bonchev–Trinajstić information content (AvgIpc) is 2.40. The third-order valence-electron chi connectivity index (χ3n) is 3.50. The summed E-state index contributed by atoms with van der Waals surface area (Å²) in [6.07, 6.45) is 7.65. The normalized spacial score (nSPS) is 12.4. The largest absolute Gasteiger partial charge is 0.299 e. The van der Waals surface area contributed by atoms with Gasteiger partial charge in [-0.2, -0.15) is 0 Å². The maximum absolute atomic E-state index is 12.2. The van der Waals surface area contributed by atoms with Crippen LogP contribution in [0.15, 0.2) is 18.3 Å². The van der Waals surface area contributed by atoms with Gasteiger partial charge in [-0.05, 0) is 30.9 Å². The van der Waals surface area contributed by atoms with Gasteiger partial charge in [0, 0.05) is 24.2 Å². The van der Waals surface area contributed by atoms with Crippen molar-refractivity contribution in [3.8, 4) is 0 Å². The molecule has 1 aromatic heterocycles. The molecule has 0 spiro atoms. The molecule has 2 heteroatoms. The van der Waals surface area contributed by atoms with E-state index < -0.39 is 0 Å². The molecular formula is C16H25NO. The van der Waals surface area contributed by atoms with Crippen molar-refractivity contribution >= 4 is 5.78 Å². The van der Waals surface area contributed by atoms with Crippen LogP contribution in [0.5, 0.6) is 0 Å². The van der Waals surface area contributed by atoms with Gasteiger partial charge in [0.2, 0.25) is 0 Å². The maximum Gasteiger partial charge on any atom is 0.141 e. The van der Waals surface area contributed by atoms with Gasteiger partial charge in [-0.25, -0.2) is 0 Å². The quantitative estimate of drug-likeness (QED) is 0.695. The van der Waals surface area contributed by atoms with E-state index in [-0.39, 0.29) is 5.92 Å². The number of unbranched alkanes of at least 4 members (excludes halogenated alkanes) is 1. The van der Waals surface area contributed by atoms with E-state index in [1.165, 1.54) is 5.56 Å². The second-order valence-corrected chi connectivity index (χ2v) is 4.90. The van der Waals surface area contributed by atoms with Gasteiger partial charge in [0.25, 0.3) is 0 Å². The SMILES string of the molecule is CCCCC(CC)C(=O)Cc1ccc(CC)cn1. The third kappa shape index (κ3) is 4.59. The van der Waals surface area contributed by atoms with Crippen LogP contribution in [-0.4, -0.2) is 10.8 Å². The van der Waals surface area contributed by atoms with Crippen molar-refractivity contribution in [3.63, 3.8) is 0 Å². The number of aryl methyl sites for hydroxylation is 1. The first-order valence-corrected chi connectivity index (χ1v) is 7.17. The molecule has 0 aliphatic carbocycles. The monoisotopic (exact) mass is 247 g/mol. The summed E-state index contributed by atoms with van der Waals surface area (Å²) in [5.74, 6) is 0.570. The molecular weight excluding hydrogens is 222 g/mol. The number of nitrogens with zero attached hydrogens (tertiary/aromatic N) is 1. The molecule has 18 heavy (non-hydrogen) atoms. The molecule has 2 nitrogen and oxygen atoms in total. The van der Waals surface area contributed by atoms with E-state index in [9.17, 15) is 4.79 Å². The first kappa shape index (κ1) is 14.9. The number of carbonyl (C=O) groups excluding carboxylic acids is 1. The standard InChI is InChI=1S/C16H25NO/c1-4-7-8-14(6-3)16(18)11-15-10-9-13(5-2)12-17-15/h9-10,12,14H,4-8,11H2,1-3H3. The minimum absolute atomic E-state index is 0.220. The summed E-state index contributed by atoms with van der Waals surface area (Å²) in [5.41, 5.74) is 2.14. The minimum atomic E-state index is 0.220. The molecule has 100 valence electrons. The zero-order valence-corrected chi connectivity index (χ0v) is 11.9. The van der Waals surface area contributed by atoms with Gasteiger partial charge in [0.05, 0.1) is 0 Å². The van der Waals surface area contributed by atoms with E-state index in [0.29, 0.717) is 12.2 Å². The van der Waals surface area contributed by atoms with E-state index in [0.717, 1.165) is 37.8 Å². The number of carbonyl (C=O) groups is 1. The zero-order chi connectivity index (χ0) is 13.4. The van der Waals surface area contributed by atoms with E-state index >= 15 is 0 Å². The summed E-state index contributed by atoms with van der Waals surface area (Å²) in [6.45, 7) is 6.38. The maximum atomic E-state index is 12.2.